The summed E-state index contributed by atoms with van der Waals surface area (Å²) >= 11 is 0. The summed E-state index contributed by atoms with van der Waals surface area (Å²) in [4.78, 5) is 0. The predicted octanol–water partition coefficient (Wildman–Crippen LogP) is 2.50. The predicted molar refractivity (Wildman–Crippen MR) is 56.2 cm³/mol. The van der Waals surface area contributed by atoms with Crippen molar-refractivity contribution in [2.24, 2.45) is 5.92 Å². The molecule has 1 aliphatic heterocycles. The SMILES string of the molecule is OC(CC1CCCC1)C1CCCCO1. The zero-order valence-electron chi connectivity index (χ0n) is 8.95. The van der Waals surface area contributed by atoms with Crippen LogP contribution in [0.3, 0.4) is 0 Å². The molecule has 2 atom stereocenters. The standard InChI is InChI=1S/C12H22O2/c13-11(9-10-5-1-2-6-10)12-7-3-4-8-14-12/h10-13H,1-9H2. The van der Waals surface area contributed by atoms with Gasteiger partial charge in [0.15, 0.2) is 0 Å². The first-order valence-corrected chi connectivity index (χ1v) is 6.16. The number of aliphatic hydroxyl groups is 1. The van der Waals surface area contributed by atoms with Gasteiger partial charge >= 0.3 is 0 Å². The van der Waals surface area contributed by atoms with Gasteiger partial charge in [-0.2, -0.15) is 0 Å². The summed E-state index contributed by atoms with van der Waals surface area (Å²) < 4.78 is 5.60. The molecule has 0 aromatic rings. The molecular weight excluding hydrogens is 176 g/mol. The van der Waals surface area contributed by atoms with Crippen LogP contribution in [-0.2, 0) is 4.74 Å². The lowest BCUT2D eigenvalue weighted by molar-refractivity contribution is -0.0689. The lowest BCUT2D eigenvalue weighted by atomic mass is 9.94. The molecule has 2 heteroatoms. The molecule has 1 saturated heterocycles. The third kappa shape index (κ3) is 2.71. The van der Waals surface area contributed by atoms with Crippen LogP contribution in [0.4, 0.5) is 0 Å². The second kappa shape index (κ2) is 5.13. The maximum atomic E-state index is 10.0. The van der Waals surface area contributed by atoms with E-state index in [-0.39, 0.29) is 12.2 Å². The minimum Gasteiger partial charge on any atom is -0.390 e. The van der Waals surface area contributed by atoms with Crippen LogP contribution < -0.4 is 0 Å². The minimum atomic E-state index is -0.196. The first kappa shape index (κ1) is 10.4. The first-order chi connectivity index (χ1) is 6.86. The molecule has 2 nitrogen and oxygen atoms in total. The van der Waals surface area contributed by atoms with Gasteiger partial charge in [-0.1, -0.05) is 25.7 Å². The van der Waals surface area contributed by atoms with Gasteiger partial charge in [-0.3, -0.25) is 0 Å². The number of hydrogen-bond donors (Lipinski definition) is 1. The Hall–Kier alpha value is -0.0800. The van der Waals surface area contributed by atoms with Crippen LogP contribution in [0.2, 0.25) is 0 Å². The molecule has 0 aromatic carbocycles. The maximum absolute atomic E-state index is 10.0. The average Bonchev–Trinajstić information content (AvgIpc) is 2.72. The summed E-state index contributed by atoms with van der Waals surface area (Å²) in [5.74, 6) is 0.774. The van der Waals surface area contributed by atoms with E-state index in [9.17, 15) is 5.11 Å². The molecule has 2 aliphatic rings. The smallest absolute Gasteiger partial charge is 0.0834 e. The van der Waals surface area contributed by atoms with Crippen molar-refractivity contribution in [3.8, 4) is 0 Å². The largest absolute Gasteiger partial charge is 0.390 e. The van der Waals surface area contributed by atoms with E-state index in [1.54, 1.807) is 0 Å². The quantitative estimate of drug-likeness (QED) is 0.755. The van der Waals surface area contributed by atoms with Crippen molar-refractivity contribution < 1.29 is 9.84 Å². The van der Waals surface area contributed by atoms with Gasteiger partial charge in [0.25, 0.3) is 0 Å². The Bertz CT molecular complexity index is 158. The van der Waals surface area contributed by atoms with Crippen LogP contribution in [0, 0.1) is 5.92 Å². The van der Waals surface area contributed by atoms with Crippen LogP contribution in [-0.4, -0.2) is 23.9 Å². The lowest BCUT2D eigenvalue weighted by Crippen LogP contribution is -2.33. The monoisotopic (exact) mass is 198 g/mol. The summed E-state index contributed by atoms with van der Waals surface area (Å²) in [5.41, 5.74) is 0. The van der Waals surface area contributed by atoms with Gasteiger partial charge in [0.2, 0.25) is 0 Å². The van der Waals surface area contributed by atoms with E-state index in [1.807, 2.05) is 0 Å². The summed E-state index contributed by atoms with van der Waals surface area (Å²) in [6.07, 6.45) is 9.76. The van der Waals surface area contributed by atoms with Crippen molar-refractivity contribution in [1.82, 2.24) is 0 Å². The van der Waals surface area contributed by atoms with Gasteiger partial charge in [-0.15, -0.1) is 0 Å². The minimum absolute atomic E-state index is 0.143. The van der Waals surface area contributed by atoms with Crippen molar-refractivity contribution in [2.75, 3.05) is 6.61 Å². The van der Waals surface area contributed by atoms with Crippen LogP contribution in [0.1, 0.15) is 51.4 Å². The molecule has 0 amide bonds. The Morgan fingerprint density at radius 3 is 2.43 bits per heavy atom. The third-order valence-corrected chi connectivity index (χ3v) is 3.69. The molecular formula is C12H22O2. The number of aliphatic hydroxyl groups excluding tert-OH is 1. The topological polar surface area (TPSA) is 29.5 Å². The first-order valence-electron chi connectivity index (χ1n) is 6.16. The molecule has 2 fully saturated rings. The summed E-state index contributed by atoms with van der Waals surface area (Å²) in [7, 11) is 0. The molecule has 2 unspecified atom stereocenters. The molecule has 2 rings (SSSR count). The van der Waals surface area contributed by atoms with E-state index in [4.69, 9.17) is 4.74 Å². The Kier molecular flexibility index (Phi) is 3.82. The fourth-order valence-corrected chi connectivity index (χ4v) is 2.81. The summed E-state index contributed by atoms with van der Waals surface area (Å²) in [5, 5.41) is 10.0. The average molecular weight is 198 g/mol. The highest BCUT2D eigenvalue weighted by atomic mass is 16.5. The molecule has 82 valence electrons. The summed E-state index contributed by atoms with van der Waals surface area (Å²) in [6.45, 7) is 0.854. The van der Waals surface area contributed by atoms with Gasteiger partial charge in [0, 0.05) is 6.61 Å². The number of ether oxygens (including phenoxy) is 1. The second-order valence-corrected chi connectivity index (χ2v) is 4.86. The molecule has 14 heavy (non-hydrogen) atoms. The highest BCUT2D eigenvalue weighted by molar-refractivity contribution is 4.77. The van der Waals surface area contributed by atoms with Gasteiger partial charge in [0.1, 0.15) is 0 Å². The van der Waals surface area contributed by atoms with Gasteiger partial charge < -0.3 is 9.84 Å². The van der Waals surface area contributed by atoms with Crippen LogP contribution in [0.5, 0.6) is 0 Å². The van der Waals surface area contributed by atoms with Crippen LogP contribution in [0.15, 0.2) is 0 Å². The van der Waals surface area contributed by atoms with E-state index in [2.05, 4.69) is 0 Å². The molecule has 0 aromatic heterocycles. The van der Waals surface area contributed by atoms with E-state index in [1.165, 1.54) is 38.5 Å². The van der Waals surface area contributed by atoms with Crippen molar-refractivity contribution in [3.05, 3.63) is 0 Å². The molecule has 1 aliphatic carbocycles. The fraction of sp³-hybridized carbons (Fsp3) is 1.00. The number of rotatable bonds is 3. The Morgan fingerprint density at radius 2 is 1.79 bits per heavy atom. The van der Waals surface area contributed by atoms with Crippen LogP contribution in [0.25, 0.3) is 0 Å². The maximum Gasteiger partial charge on any atom is 0.0834 e. The second-order valence-electron chi connectivity index (χ2n) is 4.86. The van der Waals surface area contributed by atoms with Gasteiger partial charge in [0.05, 0.1) is 12.2 Å². The van der Waals surface area contributed by atoms with Gasteiger partial charge in [-0.05, 0) is 31.6 Å². The third-order valence-electron chi connectivity index (χ3n) is 3.69. The number of hydrogen-bond acceptors (Lipinski definition) is 2. The van der Waals surface area contributed by atoms with Gasteiger partial charge in [-0.25, -0.2) is 0 Å². The Labute approximate surface area is 86.6 Å². The molecule has 0 radical (unpaired) electrons. The van der Waals surface area contributed by atoms with Crippen molar-refractivity contribution in [3.63, 3.8) is 0 Å². The van der Waals surface area contributed by atoms with E-state index in [0.29, 0.717) is 0 Å². The molecule has 0 bridgehead atoms. The highest BCUT2D eigenvalue weighted by Gasteiger charge is 2.26. The van der Waals surface area contributed by atoms with E-state index in [0.717, 1.165) is 25.4 Å². The lowest BCUT2D eigenvalue weighted by Gasteiger charge is -2.28. The summed E-state index contributed by atoms with van der Waals surface area (Å²) in [6, 6.07) is 0. The van der Waals surface area contributed by atoms with E-state index >= 15 is 0 Å². The molecule has 1 heterocycles. The zero-order valence-corrected chi connectivity index (χ0v) is 8.95. The highest BCUT2D eigenvalue weighted by Crippen LogP contribution is 2.30. The normalized spacial score (nSPS) is 31.9. The van der Waals surface area contributed by atoms with Crippen molar-refractivity contribution in [2.45, 2.75) is 63.6 Å². The van der Waals surface area contributed by atoms with Crippen molar-refractivity contribution in [1.29, 1.82) is 0 Å². The van der Waals surface area contributed by atoms with Crippen molar-refractivity contribution >= 4 is 0 Å². The fourth-order valence-electron chi connectivity index (χ4n) is 2.81. The Morgan fingerprint density at radius 1 is 1.07 bits per heavy atom. The molecule has 1 saturated carbocycles. The molecule has 0 spiro atoms. The zero-order chi connectivity index (χ0) is 9.80. The Balaban J connectivity index is 1.72. The van der Waals surface area contributed by atoms with Crippen LogP contribution >= 0.6 is 0 Å². The van der Waals surface area contributed by atoms with E-state index < -0.39 is 0 Å². The molecule has 1 N–H and O–H groups in total.